The topological polar surface area (TPSA) is 68.0 Å². The number of aromatic carboxylic acids is 1. The fourth-order valence-corrected chi connectivity index (χ4v) is 5.03. The number of carboxylic acids is 1. The number of nitrogens with zero attached hydrogens (tertiary/aromatic N) is 3. The number of carbonyl (C=O) groups is 1. The molecule has 0 amide bonds. The van der Waals surface area contributed by atoms with Gasteiger partial charge in [0.25, 0.3) is 0 Å². The van der Waals surface area contributed by atoms with Crippen LogP contribution >= 0.6 is 0 Å². The van der Waals surface area contributed by atoms with E-state index in [0.29, 0.717) is 36.7 Å². The molecule has 1 aromatic heterocycles. The minimum absolute atomic E-state index is 0.202. The SMILES string of the molecule is CCCCn1nc(C(F)(F)CCC2CCCCC2)nc1Cc1ccc(-c2ccccc2C(=O)O)cc1. The number of halogens is 2. The van der Waals surface area contributed by atoms with E-state index < -0.39 is 11.9 Å². The Bertz CT molecular complexity index is 1150. The highest BCUT2D eigenvalue weighted by molar-refractivity contribution is 5.95. The summed E-state index contributed by atoms with van der Waals surface area (Å²) in [4.78, 5) is 15.9. The molecule has 1 saturated carbocycles. The van der Waals surface area contributed by atoms with Gasteiger partial charge in [-0.2, -0.15) is 8.78 Å². The van der Waals surface area contributed by atoms with E-state index in [1.165, 1.54) is 6.42 Å². The number of alkyl halides is 2. The molecule has 192 valence electrons. The Morgan fingerprint density at radius 3 is 2.50 bits per heavy atom. The summed E-state index contributed by atoms with van der Waals surface area (Å²) in [5, 5.41) is 13.7. The maximum atomic E-state index is 15.1. The summed E-state index contributed by atoms with van der Waals surface area (Å²) in [6.07, 6.45) is 8.08. The molecular weight excluding hydrogens is 460 g/mol. The fourth-order valence-electron chi connectivity index (χ4n) is 5.03. The normalized spacial score (nSPS) is 14.8. The van der Waals surface area contributed by atoms with Crippen molar-refractivity contribution in [1.29, 1.82) is 0 Å². The van der Waals surface area contributed by atoms with Crippen LogP contribution in [0.2, 0.25) is 0 Å². The maximum Gasteiger partial charge on any atom is 0.336 e. The Morgan fingerprint density at radius 1 is 1.08 bits per heavy atom. The summed E-state index contributed by atoms with van der Waals surface area (Å²) in [6, 6.07) is 14.4. The molecule has 1 N–H and O–H groups in total. The molecule has 7 heteroatoms. The molecule has 0 unspecified atom stereocenters. The van der Waals surface area contributed by atoms with Crippen molar-refractivity contribution >= 4 is 5.97 Å². The lowest BCUT2D eigenvalue weighted by Crippen LogP contribution is -2.19. The maximum absolute atomic E-state index is 15.1. The van der Waals surface area contributed by atoms with Crippen LogP contribution in [-0.2, 0) is 18.9 Å². The largest absolute Gasteiger partial charge is 0.478 e. The summed E-state index contributed by atoms with van der Waals surface area (Å²) in [5.74, 6) is -3.45. The molecule has 0 bridgehead atoms. The van der Waals surface area contributed by atoms with Gasteiger partial charge in [-0.15, -0.1) is 5.10 Å². The summed E-state index contributed by atoms with van der Waals surface area (Å²) in [5.41, 5.74) is 2.58. The first-order valence-electron chi connectivity index (χ1n) is 13.1. The van der Waals surface area contributed by atoms with Crippen molar-refractivity contribution in [3.8, 4) is 11.1 Å². The number of hydrogen-bond donors (Lipinski definition) is 1. The van der Waals surface area contributed by atoms with E-state index in [4.69, 9.17) is 0 Å². The van der Waals surface area contributed by atoms with Crippen LogP contribution in [0, 0.1) is 5.92 Å². The summed E-state index contributed by atoms with van der Waals surface area (Å²) in [7, 11) is 0. The molecule has 4 rings (SSSR count). The smallest absolute Gasteiger partial charge is 0.336 e. The first-order chi connectivity index (χ1) is 17.4. The Kier molecular flexibility index (Phi) is 8.49. The van der Waals surface area contributed by atoms with E-state index in [1.54, 1.807) is 22.9 Å². The van der Waals surface area contributed by atoms with Crippen molar-refractivity contribution in [2.24, 2.45) is 5.92 Å². The Balaban J connectivity index is 1.51. The van der Waals surface area contributed by atoms with Gasteiger partial charge in [0.2, 0.25) is 5.82 Å². The lowest BCUT2D eigenvalue weighted by Gasteiger charge is -2.23. The van der Waals surface area contributed by atoms with Crippen LogP contribution in [0.15, 0.2) is 48.5 Å². The summed E-state index contributed by atoms with van der Waals surface area (Å²) >= 11 is 0. The predicted molar refractivity (Wildman–Crippen MR) is 136 cm³/mol. The molecule has 5 nitrogen and oxygen atoms in total. The third-order valence-corrected chi connectivity index (χ3v) is 7.17. The first kappa shape index (κ1) is 26.0. The average Bonchev–Trinajstić information content (AvgIpc) is 3.31. The van der Waals surface area contributed by atoms with Crippen LogP contribution in [0.5, 0.6) is 0 Å². The number of benzene rings is 2. The zero-order chi connectivity index (χ0) is 25.5. The quantitative estimate of drug-likeness (QED) is 0.299. The van der Waals surface area contributed by atoms with Gasteiger partial charge in [-0.3, -0.25) is 0 Å². The molecule has 1 aliphatic carbocycles. The highest BCUT2D eigenvalue weighted by Crippen LogP contribution is 2.36. The molecule has 1 fully saturated rings. The minimum atomic E-state index is -3.03. The second kappa shape index (κ2) is 11.8. The zero-order valence-electron chi connectivity index (χ0n) is 20.9. The van der Waals surface area contributed by atoms with Gasteiger partial charge < -0.3 is 5.11 Å². The van der Waals surface area contributed by atoms with Crippen molar-refractivity contribution in [2.75, 3.05) is 0 Å². The van der Waals surface area contributed by atoms with Gasteiger partial charge in [-0.1, -0.05) is 87.9 Å². The zero-order valence-corrected chi connectivity index (χ0v) is 20.9. The molecule has 0 aliphatic heterocycles. The number of hydrogen-bond acceptors (Lipinski definition) is 3. The molecular formula is C29H35F2N3O2. The van der Waals surface area contributed by atoms with Crippen LogP contribution < -0.4 is 0 Å². The minimum Gasteiger partial charge on any atom is -0.478 e. The lowest BCUT2D eigenvalue weighted by molar-refractivity contribution is -0.0294. The van der Waals surface area contributed by atoms with Crippen molar-refractivity contribution in [2.45, 2.75) is 83.6 Å². The van der Waals surface area contributed by atoms with Crippen LogP contribution in [0.1, 0.15) is 92.3 Å². The fraction of sp³-hybridized carbons (Fsp3) is 0.483. The van der Waals surface area contributed by atoms with Gasteiger partial charge in [0.1, 0.15) is 5.82 Å². The third kappa shape index (κ3) is 6.37. The Hall–Kier alpha value is -3.09. The molecule has 0 spiro atoms. The third-order valence-electron chi connectivity index (χ3n) is 7.17. The molecule has 36 heavy (non-hydrogen) atoms. The molecule has 0 radical (unpaired) electrons. The average molecular weight is 496 g/mol. The highest BCUT2D eigenvalue weighted by atomic mass is 19.3. The van der Waals surface area contributed by atoms with Gasteiger partial charge >= 0.3 is 11.9 Å². The van der Waals surface area contributed by atoms with E-state index in [0.717, 1.165) is 49.7 Å². The van der Waals surface area contributed by atoms with Crippen LogP contribution in [0.3, 0.4) is 0 Å². The monoisotopic (exact) mass is 495 g/mol. The van der Waals surface area contributed by atoms with Gasteiger partial charge in [-0.05, 0) is 41.5 Å². The summed E-state index contributed by atoms with van der Waals surface area (Å²) in [6.45, 7) is 2.62. The summed E-state index contributed by atoms with van der Waals surface area (Å²) < 4.78 is 31.9. The molecule has 0 saturated heterocycles. The van der Waals surface area contributed by atoms with Crippen LogP contribution in [-0.4, -0.2) is 25.8 Å². The van der Waals surface area contributed by atoms with E-state index >= 15 is 8.78 Å². The van der Waals surface area contributed by atoms with E-state index in [-0.39, 0.29) is 17.8 Å². The van der Waals surface area contributed by atoms with Crippen molar-refractivity contribution < 1.29 is 18.7 Å². The molecule has 1 aliphatic rings. The number of rotatable bonds is 11. The van der Waals surface area contributed by atoms with Crippen molar-refractivity contribution in [1.82, 2.24) is 14.8 Å². The van der Waals surface area contributed by atoms with Crippen LogP contribution in [0.25, 0.3) is 11.1 Å². The van der Waals surface area contributed by atoms with Gasteiger partial charge in [0, 0.05) is 19.4 Å². The van der Waals surface area contributed by atoms with Gasteiger partial charge in [0.05, 0.1) is 5.56 Å². The number of carboxylic acid groups (broad SMARTS) is 1. The van der Waals surface area contributed by atoms with Crippen molar-refractivity contribution in [3.05, 3.63) is 71.3 Å². The Morgan fingerprint density at radius 2 is 1.81 bits per heavy atom. The molecule has 1 heterocycles. The molecule has 2 aromatic carbocycles. The Labute approximate surface area is 211 Å². The van der Waals surface area contributed by atoms with Crippen LogP contribution in [0.4, 0.5) is 8.78 Å². The molecule has 0 atom stereocenters. The van der Waals surface area contributed by atoms with E-state index in [9.17, 15) is 9.90 Å². The number of unbranched alkanes of at least 4 members (excludes halogenated alkanes) is 1. The first-order valence-corrected chi connectivity index (χ1v) is 13.1. The second-order valence-electron chi connectivity index (χ2n) is 9.90. The lowest BCUT2D eigenvalue weighted by atomic mass is 9.85. The van der Waals surface area contributed by atoms with Gasteiger partial charge in [0.15, 0.2) is 0 Å². The predicted octanol–water partition coefficient (Wildman–Crippen LogP) is 7.49. The highest BCUT2D eigenvalue weighted by Gasteiger charge is 2.37. The van der Waals surface area contributed by atoms with E-state index in [2.05, 4.69) is 17.0 Å². The van der Waals surface area contributed by atoms with Gasteiger partial charge in [-0.25, -0.2) is 14.5 Å². The number of aryl methyl sites for hydroxylation is 1. The standard InChI is InChI=1S/C29H35F2N3O2/c1-2-3-19-34-26(32-28(33-34)29(30,31)18-17-21-9-5-4-6-10-21)20-22-13-15-23(16-14-22)24-11-7-8-12-25(24)27(35)36/h7-8,11-16,21H,2-6,9-10,17-20H2,1H3,(H,35,36). The van der Waals surface area contributed by atoms with E-state index in [1.807, 2.05) is 30.3 Å². The number of aromatic nitrogens is 3. The second-order valence-corrected chi connectivity index (χ2v) is 9.90. The van der Waals surface area contributed by atoms with Crippen molar-refractivity contribution in [3.63, 3.8) is 0 Å². The molecule has 3 aromatic rings.